The van der Waals surface area contributed by atoms with E-state index in [1.54, 1.807) is 18.2 Å². The number of hydrogen-bond acceptors (Lipinski definition) is 4. The monoisotopic (exact) mass is 260 g/mol. The summed E-state index contributed by atoms with van der Waals surface area (Å²) in [5, 5.41) is 3.72. The second-order valence-electron chi connectivity index (χ2n) is 4.75. The molecule has 0 fully saturated rings. The molecule has 0 bridgehead atoms. The lowest BCUT2D eigenvalue weighted by Crippen LogP contribution is -2.18. The number of nitrogens with two attached hydrogens (primary N) is 1. The largest absolute Gasteiger partial charge is 0.399 e. The Labute approximate surface area is 112 Å². The number of hydrogen-bond donors (Lipinski definition) is 3. The summed E-state index contributed by atoms with van der Waals surface area (Å²) in [5.41, 5.74) is 6.73. The molecule has 1 aromatic heterocycles. The fraction of sp³-hybridized carbons (Fsp3) is 0.429. The van der Waals surface area contributed by atoms with Crippen molar-refractivity contribution in [3.63, 3.8) is 0 Å². The van der Waals surface area contributed by atoms with Crippen LogP contribution in [0.3, 0.4) is 0 Å². The average Bonchev–Trinajstić information content (AvgIpc) is 2.41. The van der Waals surface area contributed by atoms with E-state index < -0.39 is 0 Å². The molecule has 102 valence electrons. The number of anilines is 2. The van der Waals surface area contributed by atoms with Crippen LogP contribution in [0, 0.1) is 5.92 Å². The summed E-state index contributed by atoms with van der Waals surface area (Å²) in [6, 6.07) is 5.16. The third-order valence-corrected chi connectivity index (χ3v) is 3.44. The Morgan fingerprint density at radius 2 is 2.11 bits per heavy atom. The van der Waals surface area contributed by atoms with Crippen LogP contribution in [0.5, 0.6) is 0 Å². The molecule has 4 N–H and O–H groups in total. The van der Waals surface area contributed by atoms with Gasteiger partial charge in [0.1, 0.15) is 0 Å². The molecular formula is C14H20N4O. The topological polar surface area (TPSA) is 83.8 Å². The minimum atomic E-state index is -0.163. The molecule has 1 heterocycles. The van der Waals surface area contributed by atoms with Crippen LogP contribution in [0.15, 0.2) is 23.0 Å². The highest BCUT2D eigenvalue weighted by molar-refractivity contribution is 5.81. The maximum absolute atomic E-state index is 11.9. The van der Waals surface area contributed by atoms with Crippen LogP contribution in [0.4, 0.5) is 11.6 Å². The van der Waals surface area contributed by atoms with Crippen LogP contribution in [-0.2, 0) is 0 Å². The Morgan fingerprint density at radius 3 is 2.79 bits per heavy atom. The average molecular weight is 260 g/mol. The zero-order chi connectivity index (χ0) is 13.8. The zero-order valence-corrected chi connectivity index (χ0v) is 11.4. The van der Waals surface area contributed by atoms with Gasteiger partial charge in [0.2, 0.25) is 5.95 Å². The van der Waals surface area contributed by atoms with Gasteiger partial charge < -0.3 is 11.1 Å². The van der Waals surface area contributed by atoms with E-state index in [-0.39, 0.29) is 5.56 Å². The van der Waals surface area contributed by atoms with E-state index in [1.807, 2.05) is 0 Å². The van der Waals surface area contributed by atoms with E-state index >= 15 is 0 Å². The van der Waals surface area contributed by atoms with E-state index in [1.165, 1.54) is 0 Å². The maximum Gasteiger partial charge on any atom is 0.260 e. The molecule has 0 aliphatic carbocycles. The van der Waals surface area contributed by atoms with Crippen LogP contribution in [-0.4, -0.2) is 16.5 Å². The number of aromatic nitrogens is 2. The van der Waals surface area contributed by atoms with Crippen LogP contribution in [0.25, 0.3) is 10.9 Å². The van der Waals surface area contributed by atoms with Gasteiger partial charge in [-0.1, -0.05) is 26.7 Å². The van der Waals surface area contributed by atoms with E-state index in [4.69, 9.17) is 5.73 Å². The van der Waals surface area contributed by atoms with Crippen molar-refractivity contribution in [2.75, 3.05) is 17.6 Å². The molecule has 19 heavy (non-hydrogen) atoms. The Morgan fingerprint density at radius 1 is 1.37 bits per heavy atom. The standard InChI is InChI=1S/C14H20N4O/c1-3-9(4-2)8-16-14-17-12-6-5-10(15)7-11(12)13(19)18-14/h5-7,9H,3-4,8,15H2,1-2H3,(H2,16,17,18,19). The predicted molar refractivity (Wildman–Crippen MR) is 79.3 cm³/mol. The quantitative estimate of drug-likeness (QED) is 0.720. The van der Waals surface area contributed by atoms with Crippen molar-refractivity contribution < 1.29 is 0 Å². The first-order valence-electron chi connectivity index (χ1n) is 6.67. The molecule has 1 aromatic carbocycles. The van der Waals surface area contributed by atoms with Gasteiger partial charge >= 0.3 is 0 Å². The highest BCUT2D eigenvalue weighted by Crippen LogP contribution is 2.13. The number of aromatic amines is 1. The molecule has 0 saturated heterocycles. The second-order valence-corrected chi connectivity index (χ2v) is 4.75. The van der Waals surface area contributed by atoms with Gasteiger partial charge in [-0.05, 0) is 24.1 Å². The third-order valence-electron chi connectivity index (χ3n) is 3.44. The minimum absolute atomic E-state index is 0.163. The van der Waals surface area contributed by atoms with Crippen LogP contribution in [0.2, 0.25) is 0 Å². The van der Waals surface area contributed by atoms with Crippen molar-refractivity contribution >= 4 is 22.5 Å². The molecular weight excluding hydrogens is 240 g/mol. The highest BCUT2D eigenvalue weighted by Gasteiger charge is 2.06. The number of nitrogen functional groups attached to an aromatic ring is 1. The van der Waals surface area contributed by atoms with Gasteiger partial charge in [0.05, 0.1) is 10.9 Å². The highest BCUT2D eigenvalue weighted by atomic mass is 16.1. The number of nitrogens with zero attached hydrogens (tertiary/aromatic N) is 1. The van der Waals surface area contributed by atoms with Crippen LogP contribution < -0.4 is 16.6 Å². The van der Waals surface area contributed by atoms with Gasteiger partial charge in [-0.15, -0.1) is 0 Å². The summed E-state index contributed by atoms with van der Waals surface area (Å²) in [7, 11) is 0. The van der Waals surface area contributed by atoms with Crippen molar-refractivity contribution in [1.82, 2.24) is 9.97 Å². The summed E-state index contributed by atoms with van der Waals surface area (Å²) < 4.78 is 0. The zero-order valence-electron chi connectivity index (χ0n) is 11.4. The van der Waals surface area contributed by atoms with Gasteiger partial charge in [0.25, 0.3) is 5.56 Å². The first kappa shape index (κ1) is 13.4. The lowest BCUT2D eigenvalue weighted by Gasteiger charge is -2.13. The number of benzene rings is 1. The van der Waals surface area contributed by atoms with E-state index in [0.29, 0.717) is 28.5 Å². The van der Waals surface area contributed by atoms with E-state index in [2.05, 4.69) is 29.1 Å². The Hall–Kier alpha value is -2.04. The van der Waals surface area contributed by atoms with Gasteiger partial charge in [-0.25, -0.2) is 4.98 Å². The number of fused-ring (bicyclic) bond motifs is 1. The lowest BCUT2D eigenvalue weighted by molar-refractivity contribution is 0.517. The molecule has 0 aliphatic rings. The predicted octanol–water partition coefficient (Wildman–Crippen LogP) is 2.35. The third kappa shape index (κ3) is 3.05. The Bertz CT molecular complexity index is 616. The fourth-order valence-electron chi connectivity index (χ4n) is 2.06. The van der Waals surface area contributed by atoms with Crippen LogP contribution in [0.1, 0.15) is 26.7 Å². The molecule has 0 saturated carbocycles. The first-order chi connectivity index (χ1) is 9.13. The normalized spacial score (nSPS) is 11.1. The van der Waals surface area contributed by atoms with Crippen molar-refractivity contribution in [3.8, 4) is 0 Å². The lowest BCUT2D eigenvalue weighted by atomic mass is 10.0. The SMILES string of the molecule is CCC(CC)CNc1nc2ccc(N)cc2c(=O)[nH]1. The van der Waals surface area contributed by atoms with Gasteiger partial charge in [-0.2, -0.15) is 0 Å². The Balaban J connectivity index is 2.26. The molecule has 2 rings (SSSR count). The van der Waals surface area contributed by atoms with Crippen molar-refractivity contribution in [2.45, 2.75) is 26.7 Å². The number of nitrogens with one attached hydrogen (secondary N) is 2. The summed E-state index contributed by atoms with van der Waals surface area (Å²) in [6.45, 7) is 5.14. The van der Waals surface area contributed by atoms with Crippen LogP contribution >= 0.6 is 0 Å². The molecule has 0 radical (unpaired) electrons. The molecule has 2 aromatic rings. The molecule has 0 aliphatic heterocycles. The number of rotatable bonds is 5. The molecule has 0 atom stereocenters. The van der Waals surface area contributed by atoms with Crippen molar-refractivity contribution in [3.05, 3.63) is 28.6 Å². The molecule has 0 unspecified atom stereocenters. The Kier molecular flexibility index (Phi) is 4.04. The fourth-order valence-corrected chi connectivity index (χ4v) is 2.06. The minimum Gasteiger partial charge on any atom is -0.399 e. The van der Waals surface area contributed by atoms with Gasteiger partial charge in [-0.3, -0.25) is 9.78 Å². The molecule has 0 amide bonds. The van der Waals surface area contributed by atoms with E-state index in [0.717, 1.165) is 19.4 Å². The second kappa shape index (κ2) is 5.73. The number of H-pyrrole nitrogens is 1. The maximum atomic E-state index is 11.9. The van der Waals surface area contributed by atoms with E-state index in [9.17, 15) is 4.79 Å². The molecule has 0 spiro atoms. The summed E-state index contributed by atoms with van der Waals surface area (Å²) >= 11 is 0. The first-order valence-corrected chi connectivity index (χ1v) is 6.67. The summed E-state index contributed by atoms with van der Waals surface area (Å²) in [6.07, 6.45) is 2.22. The molecule has 5 nitrogen and oxygen atoms in total. The van der Waals surface area contributed by atoms with Gasteiger partial charge in [0.15, 0.2) is 0 Å². The molecule has 5 heteroatoms. The van der Waals surface area contributed by atoms with Gasteiger partial charge in [0, 0.05) is 12.2 Å². The summed E-state index contributed by atoms with van der Waals surface area (Å²) in [4.78, 5) is 19.1. The van der Waals surface area contributed by atoms with Crippen molar-refractivity contribution in [1.29, 1.82) is 0 Å². The van der Waals surface area contributed by atoms with Crippen molar-refractivity contribution in [2.24, 2.45) is 5.92 Å². The smallest absolute Gasteiger partial charge is 0.260 e. The summed E-state index contributed by atoms with van der Waals surface area (Å²) in [5.74, 6) is 1.11.